The number of benzene rings is 1. The van der Waals surface area contributed by atoms with Gasteiger partial charge < -0.3 is 20.6 Å². The average Bonchev–Trinajstić information content (AvgIpc) is 3.67. The van der Waals surface area contributed by atoms with Gasteiger partial charge in [-0.15, -0.1) is 10.2 Å². The second-order valence-corrected chi connectivity index (χ2v) is 11.5. The molecule has 8 heteroatoms. The fraction of sp³-hybridized carbons (Fsp3) is 0.452. The minimum atomic E-state index is 0.187. The van der Waals surface area contributed by atoms with E-state index in [2.05, 4.69) is 53.9 Å². The largest absolute Gasteiger partial charge is 0.507 e. The van der Waals surface area contributed by atoms with Crippen molar-refractivity contribution in [2.45, 2.75) is 62.6 Å². The van der Waals surface area contributed by atoms with E-state index < -0.39 is 0 Å². The summed E-state index contributed by atoms with van der Waals surface area (Å²) in [6.45, 7) is 3.74. The summed E-state index contributed by atoms with van der Waals surface area (Å²) >= 11 is 0. The molecule has 8 nitrogen and oxygen atoms in total. The first kappa shape index (κ1) is 24.2. The molecule has 1 aromatic carbocycles. The molecular weight excluding hydrogens is 486 g/mol. The number of likely N-dealkylation sites (tertiary alicyclic amines) is 1. The van der Waals surface area contributed by atoms with E-state index in [-0.39, 0.29) is 5.75 Å². The molecule has 4 aliphatic rings. The van der Waals surface area contributed by atoms with Crippen molar-refractivity contribution in [3.63, 3.8) is 0 Å². The van der Waals surface area contributed by atoms with Crippen LogP contribution in [0.15, 0.2) is 48.7 Å². The molecule has 2 bridgehead atoms. The lowest BCUT2D eigenvalue weighted by Crippen LogP contribution is -2.54. The molecule has 2 atom stereocenters. The van der Waals surface area contributed by atoms with Gasteiger partial charge in [0.25, 0.3) is 0 Å². The minimum Gasteiger partial charge on any atom is -0.507 e. The van der Waals surface area contributed by atoms with Crippen LogP contribution >= 0.6 is 0 Å². The van der Waals surface area contributed by atoms with Gasteiger partial charge in [0.05, 0.1) is 17.9 Å². The van der Waals surface area contributed by atoms with Crippen LogP contribution in [0.25, 0.3) is 11.3 Å². The predicted molar refractivity (Wildman–Crippen MR) is 154 cm³/mol. The van der Waals surface area contributed by atoms with E-state index in [1.807, 2.05) is 24.4 Å². The zero-order chi connectivity index (χ0) is 26.4. The summed E-state index contributed by atoms with van der Waals surface area (Å²) in [6.07, 6.45) is 10.8. The van der Waals surface area contributed by atoms with E-state index in [4.69, 9.17) is 5.73 Å². The summed E-state index contributed by atoms with van der Waals surface area (Å²) in [7, 11) is 0. The van der Waals surface area contributed by atoms with Gasteiger partial charge in [-0.2, -0.15) is 0 Å². The van der Waals surface area contributed by atoms with Crippen LogP contribution in [-0.2, 0) is 0 Å². The molecule has 1 aliphatic carbocycles. The highest BCUT2D eigenvalue weighted by atomic mass is 16.3. The Hall–Kier alpha value is -3.83. The fourth-order valence-corrected chi connectivity index (χ4v) is 6.97. The number of nitrogens with zero attached hydrogens (tertiary/aromatic N) is 6. The van der Waals surface area contributed by atoms with E-state index in [1.54, 1.807) is 12.1 Å². The zero-order valence-corrected chi connectivity index (χ0v) is 22.3. The number of anilines is 3. The van der Waals surface area contributed by atoms with E-state index in [0.717, 1.165) is 43.9 Å². The molecule has 7 rings (SSSR count). The van der Waals surface area contributed by atoms with Crippen LogP contribution in [0.4, 0.5) is 17.2 Å². The molecular formula is C31H35N7O. The average molecular weight is 522 g/mol. The third kappa shape index (κ3) is 4.55. The Morgan fingerprint density at radius 2 is 1.82 bits per heavy atom. The van der Waals surface area contributed by atoms with Crippen LogP contribution in [0.2, 0.25) is 0 Å². The van der Waals surface area contributed by atoms with Gasteiger partial charge in [-0.05, 0) is 81.3 Å². The maximum atomic E-state index is 10.3. The van der Waals surface area contributed by atoms with Crippen molar-refractivity contribution < 1.29 is 5.11 Å². The number of rotatable bonds is 4. The quantitative estimate of drug-likeness (QED) is 0.497. The first-order valence-corrected chi connectivity index (χ1v) is 14.2. The summed E-state index contributed by atoms with van der Waals surface area (Å²) in [5.41, 5.74) is 11.0. The lowest BCUT2D eigenvalue weighted by Gasteiger charge is -2.43. The fourth-order valence-electron chi connectivity index (χ4n) is 6.97. The molecule has 3 saturated heterocycles. The molecule has 3 N–H and O–H groups in total. The number of fused-ring (bicyclic) bond motifs is 2. The van der Waals surface area contributed by atoms with E-state index in [1.165, 1.54) is 44.3 Å². The highest BCUT2D eigenvalue weighted by Gasteiger charge is 2.48. The minimum absolute atomic E-state index is 0.187. The maximum Gasteiger partial charge on any atom is 0.169 e. The van der Waals surface area contributed by atoms with Crippen molar-refractivity contribution in [2.75, 3.05) is 41.7 Å². The second-order valence-electron chi connectivity index (χ2n) is 11.5. The van der Waals surface area contributed by atoms with Crippen molar-refractivity contribution in [3.05, 3.63) is 54.4 Å². The Balaban J connectivity index is 1.07. The number of aromatic nitrogens is 3. The van der Waals surface area contributed by atoms with Crippen LogP contribution in [0.1, 0.15) is 50.6 Å². The lowest BCUT2D eigenvalue weighted by atomic mass is 10.0. The first-order valence-electron chi connectivity index (χ1n) is 14.2. The summed E-state index contributed by atoms with van der Waals surface area (Å²) in [4.78, 5) is 12.1. The van der Waals surface area contributed by atoms with Crippen molar-refractivity contribution >= 4 is 17.2 Å². The molecule has 200 valence electrons. The number of hydrogen-bond acceptors (Lipinski definition) is 8. The molecule has 3 aromatic rings. The first-order chi connectivity index (χ1) is 19.1. The summed E-state index contributed by atoms with van der Waals surface area (Å²) in [6, 6.07) is 14.2. The number of aromatic hydroxyl groups is 1. The molecule has 1 saturated carbocycles. The molecule has 4 fully saturated rings. The number of pyridine rings is 1. The normalized spacial score (nSPS) is 23.5. The Labute approximate surface area is 229 Å². The lowest BCUT2D eigenvalue weighted by molar-refractivity contribution is 0.148. The molecule has 3 aliphatic heterocycles. The molecule has 1 spiro atoms. The number of hydrogen-bond donors (Lipinski definition) is 2. The molecule has 39 heavy (non-hydrogen) atoms. The van der Waals surface area contributed by atoms with Gasteiger partial charge in [0.1, 0.15) is 11.4 Å². The zero-order valence-electron chi connectivity index (χ0n) is 22.3. The highest BCUT2D eigenvalue weighted by molar-refractivity contribution is 5.74. The van der Waals surface area contributed by atoms with Crippen LogP contribution in [0.3, 0.4) is 0 Å². The molecule has 2 unspecified atom stereocenters. The van der Waals surface area contributed by atoms with E-state index in [0.29, 0.717) is 34.7 Å². The van der Waals surface area contributed by atoms with Crippen LogP contribution in [0, 0.1) is 11.8 Å². The molecule has 2 aromatic heterocycles. The van der Waals surface area contributed by atoms with Gasteiger partial charge in [-0.25, -0.2) is 4.98 Å². The van der Waals surface area contributed by atoms with E-state index >= 15 is 0 Å². The number of para-hydroxylation sites is 1. The van der Waals surface area contributed by atoms with Crippen molar-refractivity contribution in [1.29, 1.82) is 0 Å². The summed E-state index contributed by atoms with van der Waals surface area (Å²) < 4.78 is 0. The standard InChI is InChI=1S/C31H35N7O/c32-30-28(19-27(34-35-30)26-7-1-2-8-29(26)39)36-20-24-9-10-25(21-36)38(24)23-11-15-33-22(18-23)6-5-17-37-16-4-3-12-31(37)13-14-31/h1-2,7-8,11,15,18-19,24-25,39H,3-4,9-10,12-14,16-17,20-21H2,(H2,32,35). The van der Waals surface area contributed by atoms with Gasteiger partial charge in [0.15, 0.2) is 5.82 Å². The third-order valence-corrected chi connectivity index (χ3v) is 9.15. The van der Waals surface area contributed by atoms with Gasteiger partial charge in [0.2, 0.25) is 0 Å². The Morgan fingerprint density at radius 3 is 2.62 bits per heavy atom. The predicted octanol–water partition coefficient (Wildman–Crippen LogP) is 4.05. The number of nitrogens with two attached hydrogens (primary N) is 1. The van der Waals surface area contributed by atoms with Gasteiger partial charge in [0, 0.05) is 48.2 Å². The highest BCUT2D eigenvalue weighted by Crippen LogP contribution is 2.48. The number of nitrogen functional groups attached to an aromatic ring is 1. The van der Waals surface area contributed by atoms with Gasteiger partial charge in [-0.3, -0.25) is 4.90 Å². The van der Waals surface area contributed by atoms with Crippen molar-refractivity contribution in [1.82, 2.24) is 20.1 Å². The van der Waals surface area contributed by atoms with Crippen LogP contribution < -0.4 is 15.5 Å². The number of phenols is 1. The number of phenolic OH excluding ortho intramolecular Hbond substituents is 1. The Kier molecular flexibility index (Phi) is 6.04. The maximum absolute atomic E-state index is 10.3. The van der Waals surface area contributed by atoms with Crippen molar-refractivity contribution in [2.24, 2.45) is 0 Å². The number of piperazine rings is 1. The van der Waals surface area contributed by atoms with Crippen molar-refractivity contribution in [3.8, 4) is 28.8 Å². The number of piperidine rings is 1. The molecule has 5 heterocycles. The monoisotopic (exact) mass is 521 g/mol. The topological polar surface area (TPSA) is 94.6 Å². The van der Waals surface area contributed by atoms with E-state index in [9.17, 15) is 5.11 Å². The molecule has 0 amide bonds. The Bertz CT molecular complexity index is 1430. The SMILES string of the molecule is Nc1nnc(-c2ccccc2O)cc1N1CC2CCC(C1)N2c1ccnc(C#CCN2CCCCC23CC3)c1. The molecule has 0 radical (unpaired) electrons. The van der Waals surface area contributed by atoms with Gasteiger partial charge >= 0.3 is 0 Å². The van der Waals surface area contributed by atoms with Crippen LogP contribution in [0.5, 0.6) is 5.75 Å². The smallest absolute Gasteiger partial charge is 0.169 e. The van der Waals surface area contributed by atoms with Crippen LogP contribution in [-0.4, -0.2) is 69.0 Å². The summed E-state index contributed by atoms with van der Waals surface area (Å²) in [5, 5.41) is 18.8. The Morgan fingerprint density at radius 1 is 1.00 bits per heavy atom. The second kappa shape index (κ2) is 9.73. The van der Waals surface area contributed by atoms with Gasteiger partial charge in [-0.1, -0.05) is 24.5 Å². The summed E-state index contributed by atoms with van der Waals surface area (Å²) in [5.74, 6) is 7.41. The third-order valence-electron chi connectivity index (χ3n) is 9.15.